The fourth-order valence-electron chi connectivity index (χ4n) is 3.04. The van der Waals surface area contributed by atoms with Crippen molar-refractivity contribution in [3.05, 3.63) is 30.6 Å². The minimum Gasteiger partial charge on any atom is -0.341 e. The Morgan fingerprint density at radius 2 is 1.83 bits per heavy atom. The third-order valence-corrected chi connectivity index (χ3v) is 4.39. The fourth-order valence-corrected chi connectivity index (χ4v) is 3.04. The van der Waals surface area contributed by atoms with Crippen LogP contribution in [0.15, 0.2) is 30.6 Å². The zero-order valence-corrected chi connectivity index (χ0v) is 13.4. The van der Waals surface area contributed by atoms with Crippen LogP contribution in [0.2, 0.25) is 0 Å². The van der Waals surface area contributed by atoms with E-state index in [4.69, 9.17) is 0 Å². The molecule has 6 nitrogen and oxygen atoms in total. The van der Waals surface area contributed by atoms with Crippen LogP contribution in [0.4, 0.5) is 0 Å². The van der Waals surface area contributed by atoms with Gasteiger partial charge in [-0.2, -0.15) is 0 Å². The molecule has 0 saturated carbocycles. The smallest absolute Gasteiger partial charge is 0.224 e. The third kappa shape index (κ3) is 3.52. The number of hydrogen-bond acceptors (Lipinski definition) is 3. The molecule has 1 aromatic carbocycles. The molecule has 0 unspecified atom stereocenters. The monoisotopic (exact) mass is 314 g/mol. The summed E-state index contributed by atoms with van der Waals surface area (Å²) >= 11 is 0. The molecular formula is C17H22N4O2. The molecule has 23 heavy (non-hydrogen) atoms. The van der Waals surface area contributed by atoms with E-state index < -0.39 is 0 Å². The molecule has 1 aromatic heterocycles. The topological polar surface area (TPSA) is 58.4 Å². The molecule has 0 bridgehead atoms. The van der Waals surface area contributed by atoms with Crippen molar-refractivity contribution in [1.29, 1.82) is 0 Å². The fraction of sp³-hybridized carbons (Fsp3) is 0.471. The van der Waals surface area contributed by atoms with Crippen molar-refractivity contribution in [1.82, 2.24) is 19.4 Å². The molecule has 2 heterocycles. The maximum Gasteiger partial charge on any atom is 0.224 e. The Labute approximate surface area is 135 Å². The SMILES string of the molecule is CC(=O)N1CCCN(C(=O)CCn2cnc3ccccc32)CC1. The first-order valence-electron chi connectivity index (χ1n) is 8.08. The van der Waals surface area contributed by atoms with E-state index in [1.165, 1.54) is 0 Å². The van der Waals surface area contributed by atoms with Crippen LogP contribution < -0.4 is 0 Å². The summed E-state index contributed by atoms with van der Waals surface area (Å²) in [5.41, 5.74) is 2.01. The van der Waals surface area contributed by atoms with Crippen molar-refractivity contribution >= 4 is 22.8 Å². The second kappa shape index (κ2) is 6.81. The molecule has 1 aliphatic heterocycles. The molecule has 0 atom stereocenters. The highest BCUT2D eigenvalue weighted by Gasteiger charge is 2.20. The van der Waals surface area contributed by atoms with Gasteiger partial charge in [-0.15, -0.1) is 0 Å². The van der Waals surface area contributed by atoms with Crippen molar-refractivity contribution in [2.45, 2.75) is 26.3 Å². The van der Waals surface area contributed by atoms with Gasteiger partial charge in [0.05, 0.1) is 17.4 Å². The Balaban J connectivity index is 1.58. The maximum absolute atomic E-state index is 12.4. The lowest BCUT2D eigenvalue weighted by Gasteiger charge is -2.21. The predicted octanol–water partition coefficient (Wildman–Crippen LogP) is 1.51. The maximum atomic E-state index is 12.4. The summed E-state index contributed by atoms with van der Waals surface area (Å²) in [5, 5.41) is 0. The molecular weight excluding hydrogens is 292 g/mol. The van der Waals surface area contributed by atoms with Crippen LogP contribution in [0.3, 0.4) is 0 Å². The highest BCUT2D eigenvalue weighted by atomic mass is 16.2. The summed E-state index contributed by atoms with van der Waals surface area (Å²) in [5.74, 6) is 0.234. The average molecular weight is 314 g/mol. The lowest BCUT2D eigenvalue weighted by molar-refractivity contribution is -0.132. The number of carbonyl (C=O) groups excluding carboxylic acids is 2. The number of imidazole rings is 1. The van der Waals surface area contributed by atoms with E-state index in [2.05, 4.69) is 4.98 Å². The number of hydrogen-bond donors (Lipinski definition) is 0. The van der Waals surface area contributed by atoms with Gasteiger partial charge in [-0.25, -0.2) is 4.98 Å². The molecule has 1 aliphatic rings. The Kier molecular flexibility index (Phi) is 4.60. The normalized spacial score (nSPS) is 15.7. The summed E-state index contributed by atoms with van der Waals surface area (Å²) < 4.78 is 2.02. The minimum atomic E-state index is 0.0872. The molecule has 6 heteroatoms. The lowest BCUT2D eigenvalue weighted by atomic mass is 10.3. The highest BCUT2D eigenvalue weighted by Crippen LogP contribution is 2.13. The standard InChI is InChI=1S/C17H22N4O2/c1-14(22)19-8-4-9-20(12-11-19)17(23)7-10-21-13-18-15-5-2-3-6-16(15)21/h2-3,5-6,13H,4,7-12H2,1H3. The largest absolute Gasteiger partial charge is 0.341 e. The van der Waals surface area contributed by atoms with Crippen molar-refractivity contribution in [2.24, 2.45) is 0 Å². The van der Waals surface area contributed by atoms with Crippen molar-refractivity contribution in [3.8, 4) is 0 Å². The van der Waals surface area contributed by atoms with Gasteiger partial charge in [-0.05, 0) is 18.6 Å². The highest BCUT2D eigenvalue weighted by molar-refractivity contribution is 5.78. The number of carbonyl (C=O) groups is 2. The summed E-state index contributed by atoms with van der Waals surface area (Å²) in [7, 11) is 0. The van der Waals surface area contributed by atoms with Gasteiger partial charge in [0.15, 0.2) is 0 Å². The van der Waals surface area contributed by atoms with Crippen LogP contribution in [0.1, 0.15) is 19.8 Å². The molecule has 2 amide bonds. The molecule has 2 aromatic rings. The molecule has 0 radical (unpaired) electrons. The second-order valence-corrected chi connectivity index (χ2v) is 5.92. The first-order valence-corrected chi connectivity index (χ1v) is 8.08. The van der Waals surface area contributed by atoms with Crippen LogP contribution in [0.5, 0.6) is 0 Å². The van der Waals surface area contributed by atoms with Crippen molar-refractivity contribution in [3.63, 3.8) is 0 Å². The molecule has 0 N–H and O–H groups in total. The Morgan fingerprint density at radius 3 is 2.65 bits per heavy atom. The molecule has 1 fully saturated rings. The van der Waals surface area contributed by atoms with E-state index >= 15 is 0 Å². The van der Waals surface area contributed by atoms with Crippen molar-refractivity contribution in [2.75, 3.05) is 26.2 Å². The number of nitrogens with zero attached hydrogens (tertiary/aromatic N) is 4. The van der Waals surface area contributed by atoms with E-state index in [0.717, 1.165) is 30.5 Å². The molecule has 0 aliphatic carbocycles. The van der Waals surface area contributed by atoms with Crippen LogP contribution in [-0.4, -0.2) is 57.3 Å². The summed E-state index contributed by atoms with van der Waals surface area (Å²) in [6.07, 6.45) is 3.09. The molecule has 1 saturated heterocycles. The number of benzene rings is 1. The van der Waals surface area contributed by atoms with Gasteiger partial charge in [-0.1, -0.05) is 12.1 Å². The number of aryl methyl sites for hydroxylation is 1. The van der Waals surface area contributed by atoms with Gasteiger partial charge in [0, 0.05) is 46.1 Å². The van der Waals surface area contributed by atoms with Gasteiger partial charge in [0.2, 0.25) is 11.8 Å². The number of para-hydroxylation sites is 2. The second-order valence-electron chi connectivity index (χ2n) is 5.92. The summed E-state index contributed by atoms with van der Waals surface area (Å²) in [6.45, 7) is 4.95. The molecule has 0 spiro atoms. The molecule has 122 valence electrons. The zero-order chi connectivity index (χ0) is 16.2. The third-order valence-electron chi connectivity index (χ3n) is 4.39. The number of amides is 2. The number of aromatic nitrogens is 2. The predicted molar refractivity (Wildman–Crippen MR) is 87.8 cm³/mol. The van der Waals surface area contributed by atoms with Crippen LogP contribution >= 0.6 is 0 Å². The van der Waals surface area contributed by atoms with Gasteiger partial charge in [-0.3, -0.25) is 9.59 Å². The number of fused-ring (bicyclic) bond motifs is 1. The van der Waals surface area contributed by atoms with E-state index in [9.17, 15) is 9.59 Å². The summed E-state index contributed by atoms with van der Waals surface area (Å²) in [6, 6.07) is 7.93. The zero-order valence-electron chi connectivity index (χ0n) is 13.4. The van der Waals surface area contributed by atoms with E-state index in [1.54, 1.807) is 13.3 Å². The van der Waals surface area contributed by atoms with Crippen LogP contribution in [0, 0.1) is 0 Å². The lowest BCUT2D eigenvalue weighted by Crippen LogP contribution is -2.36. The summed E-state index contributed by atoms with van der Waals surface area (Å²) in [4.78, 5) is 31.9. The first kappa shape index (κ1) is 15.5. The molecule has 3 rings (SSSR count). The van der Waals surface area contributed by atoms with E-state index in [0.29, 0.717) is 26.1 Å². The van der Waals surface area contributed by atoms with Crippen molar-refractivity contribution < 1.29 is 9.59 Å². The van der Waals surface area contributed by atoms with Gasteiger partial charge < -0.3 is 14.4 Å². The van der Waals surface area contributed by atoms with Gasteiger partial charge in [0.25, 0.3) is 0 Å². The van der Waals surface area contributed by atoms with Gasteiger partial charge >= 0.3 is 0 Å². The van der Waals surface area contributed by atoms with Gasteiger partial charge in [0.1, 0.15) is 0 Å². The van der Waals surface area contributed by atoms with E-state index in [1.807, 2.05) is 38.6 Å². The Hall–Kier alpha value is -2.37. The average Bonchev–Trinajstić information content (AvgIpc) is 2.79. The minimum absolute atomic E-state index is 0.0872. The first-order chi connectivity index (χ1) is 11.1. The van der Waals surface area contributed by atoms with Crippen LogP contribution in [-0.2, 0) is 16.1 Å². The van der Waals surface area contributed by atoms with E-state index in [-0.39, 0.29) is 11.8 Å². The number of rotatable bonds is 3. The Bertz CT molecular complexity index is 709. The Morgan fingerprint density at radius 1 is 1.09 bits per heavy atom. The van der Waals surface area contributed by atoms with Crippen LogP contribution in [0.25, 0.3) is 11.0 Å². The quantitative estimate of drug-likeness (QED) is 0.863.